The average molecular weight is 376 g/mol. The van der Waals surface area contributed by atoms with Crippen LogP contribution in [0.1, 0.15) is 51.0 Å². The van der Waals surface area contributed by atoms with E-state index >= 15 is 0 Å². The predicted octanol–water partition coefficient (Wildman–Crippen LogP) is 3.56. The highest BCUT2D eigenvalue weighted by atomic mass is 32.2. The first kappa shape index (κ1) is 19.4. The molecule has 26 heavy (non-hydrogen) atoms. The fraction of sp³-hybridized carbons (Fsp3) is 0.667. The summed E-state index contributed by atoms with van der Waals surface area (Å²) >= 11 is 0. The molecule has 0 amide bonds. The summed E-state index contributed by atoms with van der Waals surface area (Å²) in [6.07, 6.45) is 8.24. The molecule has 1 aliphatic carbocycles. The van der Waals surface area contributed by atoms with Gasteiger partial charge in [-0.25, -0.2) is 0 Å². The van der Waals surface area contributed by atoms with E-state index in [0.29, 0.717) is 23.5 Å². The van der Waals surface area contributed by atoms with Gasteiger partial charge >= 0.3 is 0 Å². The molecule has 144 valence electrons. The van der Waals surface area contributed by atoms with Crippen molar-refractivity contribution in [1.82, 2.24) is 10.2 Å². The summed E-state index contributed by atoms with van der Waals surface area (Å²) in [4.78, 5) is 7.23. The minimum absolute atomic E-state index is 0.532. The van der Waals surface area contributed by atoms with Crippen LogP contribution in [0.25, 0.3) is 0 Å². The first-order valence-electron chi connectivity index (χ1n) is 10.1. The Kier molecular flexibility index (Phi) is 7.12. The van der Waals surface area contributed by atoms with Gasteiger partial charge in [-0.15, -0.1) is 0 Å². The van der Waals surface area contributed by atoms with Gasteiger partial charge in [-0.1, -0.05) is 49.6 Å². The molecule has 1 saturated carbocycles. The van der Waals surface area contributed by atoms with E-state index in [-0.39, 0.29) is 0 Å². The minimum Gasteiger partial charge on any atom is -0.357 e. The van der Waals surface area contributed by atoms with Gasteiger partial charge in [0, 0.05) is 41.9 Å². The third-order valence-corrected chi connectivity index (χ3v) is 7.03. The van der Waals surface area contributed by atoms with Crippen LogP contribution in [0.15, 0.2) is 35.3 Å². The number of likely N-dealkylation sites (tertiary alicyclic amines) is 1. The van der Waals surface area contributed by atoms with Crippen LogP contribution in [0.3, 0.4) is 0 Å². The molecule has 1 saturated heterocycles. The molecule has 1 heterocycles. The quantitative estimate of drug-likeness (QED) is 0.611. The maximum absolute atomic E-state index is 12.3. The van der Waals surface area contributed by atoms with Crippen LogP contribution < -0.4 is 5.32 Å². The summed E-state index contributed by atoms with van der Waals surface area (Å²) in [5.41, 5.74) is 1.67. The third-order valence-electron chi connectivity index (χ3n) is 5.74. The molecule has 0 bridgehead atoms. The van der Waals surface area contributed by atoms with E-state index in [2.05, 4.69) is 17.1 Å². The van der Waals surface area contributed by atoms with E-state index in [0.717, 1.165) is 31.2 Å². The normalized spacial score (nSPS) is 21.1. The second-order valence-electron chi connectivity index (χ2n) is 7.74. The molecule has 0 radical (unpaired) electrons. The van der Waals surface area contributed by atoms with Crippen LogP contribution in [0.5, 0.6) is 0 Å². The number of aliphatic imine (C=N–C) groups is 1. The molecule has 2 aliphatic rings. The second kappa shape index (κ2) is 9.54. The van der Waals surface area contributed by atoms with E-state index < -0.39 is 10.8 Å². The smallest absolute Gasteiger partial charge is 0.193 e. The van der Waals surface area contributed by atoms with Gasteiger partial charge in [-0.3, -0.25) is 9.20 Å². The van der Waals surface area contributed by atoms with Crippen LogP contribution in [-0.2, 0) is 16.6 Å². The second-order valence-corrected chi connectivity index (χ2v) is 9.32. The average Bonchev–Trinajstić information content (AvgIpc) is 3.05. The van der Waals surface area contributed by atoms with Gasteiger partial charge in [0.2, 0.25) is 0 Å². The topological polar surface area (TPSA) is 44.7 Å². The molecule has 0 aromatic heterocycles. The molecule has 1 N–H and O–H groups in total. The van der Waals surface area contributed by atoms with Crippen molar-refractivity contribution in [2.45, 2.75) is 51.2 Å². The molecule has 1 spiro atoms. The van der Waals surface area contributed by atoms with Gasteiger partial charge < -0.3 is 10.2 Å². The van der Waals surface area contributed by atoms with Crippen LogP contribution in [0.4, 0.5) is 0 Å². The van der Waals surface area contributed by atoms with Gasteiger partial charge in [0.15, 0.2) is 5.96 Å². The fourth-order valence-corrected chi connectivity index (χ4v) is 5.34. The molecular formula is C21H33N3OS. The fourth-order valence-electron chi connectivity index (χ4n) is 4.34. The lowest BCUT2D eigenvalue weighted by atomic mass is 9.73. The number of hydrogen-bond donors (Lipinski definition) is 1. The largest absolute Gasteiger partial charge is 0.357 e. The SMILES string of the molecule is CCNC(=NCCS(=O)Cc1ccccc1)N1CCC2(CCCCC2)C1. The Bertz CT molecular complexity index is 611. The van der Waals surface area contributed by atoms with E-state index in [1.54, 1.807) is 0 Å². The van der Waals surface area contributed by atoms with Gasteiger partial charge in [-0.05, 0) is 37.2 Å². The first-order chi connectivity index (χ1) is 12.7. The zero-order chi connectivity index (χ0) is 18.2. The van der Waals surface area contributed by atoms with Crippen molar-refractivity contribution in [3.05, 3.63) is 35.9 Å². The summed E-state index contributed by atoms with van der Waals surface area (Å²) in [7, 11) is -0.857. The molecule has 1 aliphatic heterocycles. The van der Waals surface area contributed by atoms with Crippen LogP contribution >= 0.6 is 0 Å². The van der Waals surface area contributed by atoms with Crippen LogP contribution in [0, 0.1) is 5.41 Å². The van der Waals surface area contributed by atoms with Crippen LogP contribution in [-0.4, -0.2) is 47.0 Å². The Hall–Kier alpha value is -1.36. The molecule has 5 heteroatoms. The molecule has 4 nitrogen and oxygen atoms in total. The van der Waals surface area contributed by atoms with Crippen LogP contribution in [0.2, 0.25) is 0 Å². The Morgan fingerprint density at radius 3 is 2.69 bits per heavy atom. The first-order valence-corrected chi connectivity index (χ1v) is 11.6. The van der Waals surface area contributed by atoms with Crippen molar-refractivity contribution < 1.29 is 4.21 Å². The number of nitrogens with one attached hydrogen (secondary N) is 1. The summed E-state index contributed by atoms with van der Waals surface area (Å²) in [5.74, 6) is 2.27. The number of guanidine groups is 1. The number of rotatable bonds is 6. The molecule has 1 aromatic rings. The molecule has 1 aromatic carbocycles. The Balaban J connectivity index is 1.51. The standard InChI is InChI=1S/C21H33N3OS/c1-2-22-20(24-15-13-21(18-24)11-7-4-8-12-21)23-14-16-26(25)17-19-9-5-3-6-10-19/h3,5-6,9-10H,2,4,7-8,11-18H2,1H3,(H,22,23). The summed E-state index contributed by atoms with van der Waals surface area (Å²) in [6.45, 7) is 5.89. The van der Waals surface area contributed by atoms with Gasteiger partial charge in [0.1, 0.15) is 0 Å². The molecular weight excluding hydrogens is 342 g/mol. The monoisotopic (exact) mass is 375 g/mol. The van der Waals surface area contributed by atoms with Crippen molar-refractivity contribution in [3.63, 3.8) is 0 Å². The van der Waals surface area contributed by atoms with Crippen molar-refractivity contribution in [2.75, 3.05) is 31.9 Å². The molecule has 3 rings (SSSR count). The zero-order valence-electron chi connectivity index (χ0n) is 16.1. The third kappa shape index (κ3) is 5.32. The number of nitrogens with zero attached hydrogens (tertiary/aromatic N) is 2. The highest BCUT2D eigenvalue weighted by molar-refractivity contribution is 7.84. The summed E-state index contributed by atoms with van der Waals surface area (Å²) in [6, 6.07) is 10.1. The van der Waals surface area contributed by atoms with E-state index in [9.17, 15) is 4.21 Å². The maximum Gasteiger partial charge on any atom is 0.193 e. The number of hydrogen-bond acceptors (Lipinski definition) is 2. The lowest BCUT2D eigenvalue weighted by molar-refractivity contribution is 0.203. The highest BCUT2D eigenvalue weighted by Crippen LogP contribution is 2.43. The lowest BCUT2D eigenvalue weighted by Crippen LogP contribution is -2.41. The lowest BCUT2D eigenvalue weighted by Gasteiger charge is -2.33. The maximum atomic E-state index is 12.3. The van der Waals surface area contributed by atoms with Crippen molar-refractivity contribution in [2.24, 2.45) is 10.4 Å². The Morgan fingerprint density at radius 2 is 1.96 bits per heavy atom. The Labute approximate surface area is 160 Å². The zero-order valence-corrected chi connectivity index (χ0v) is 16.9. The minimum atomic E-state index is -0.857. The highest BCUT2D eigenvalue weighted by Gasteiger charge is 2.39. The van der Waals surface area contributed by atoms with E-state index in [1.165, 1.54) is 38.5 Å². The van der Waals surface area contributed by atoms with E-state index in [4.69, 9.17) is 4.99 Å². The molecule has 2 fully saturated rings. The predicted molar refractivity (Wildman–Crippen MR) is 111 cm³/mol. The van der Waals surface area contributed by atoms with Crippen molar-refractivity contribution >= 4 is 16.8 Å². The van der Waals surface area contributed by atoms with E-state index in [1.807, 2.05) is 30.3 Å². The Morgan fingerprint density at radius 1 is 1.19 bits per heavy atom. The van der Waals surface area contributed by atoms with Crippen molar-refractivity contribution in [3.8, 4) is 0 Å². The summed E-state index contributed by atoms with van der Waals surface area (Å²) in [5, 5.41) is 3.45. The van der Waals surface area contributed by atoms with Gasteiger partial charge in [0.05, 0.1) is 6.54 Å². The number of benzene rings is 1. The summed E-state index contributed by atoms with van der Waals surface area (Å²) < 4.78 is 12.3. The molecule has 1 unspecified atom stereocenters. The van der Waals surface area contributed by atoms with Gasteiger partial charge in [0.25, 0.3) is 0 Å². The van der Waals surface area contributed by atoms with Crippen molar-refractivity contribution in [1.29, 1.82) is 0 Å². The molecule has 1 atom stereocenters. The van der Waals surface area contributed by atoms with Gasteiger partial charge in [-0.2, -0.15) is 0 Å².